The lowest BCUT2D eigenvalue weighted by molar-refractivity contribution is -0.115. The van der Waals surface area contributed by atoms with Crippen molar-refractivity contribution in [1.29, 1.82) is 0 Å². The predicted molar refractivity (Wildman–Crippen MR) is 93.7 cm³/mol. The van der Waals surface area contributed by atoms with Crippen molar-refractivity contribution in [2.24, 2.45) is 0 Å². The molecule has 0 spiro atoms. The van der Waals surface area contributed by atoms with Gasteiger partial charge in [0.2, 0.25) is 5.91 Å². The van der Waals surface area contributed by atoms with Gasteiger partial charge in [0.15, 0.2) is 9.84 Å². The smallest absolute Gasteiger partial charge is 0.229 e. The molecule has 1 aliphatic rings. The van der Waals surface area contributed by atoms with Crippen LogP contribution in [0.5, 0.6) is 0 Å². The van der Waals surface area contributed by atoms with E-state index >= 15 is 0 Å². The number of hydrogen-bond donors (Lipinski definition) is 2. The molecular formula is C17H19N3O3S. The molecule has 1 fully saturated rings. The molecule has 1 aromatic heterocycles. The van der Waals surface area contributed by atoms with Crippen molar-refractivity contribution in [1.82, 2.24) is 4.98 Å². The Hall–Kier alpha value is -2.41. The van der Waals surface area contributed by atoms with Crippen LogP contribution in [0.2, 0.25) is 0 Å². The first-order valence-corrected chi connectivity index (χ1v) is 9.59. The number of sulfone groups is 1. The first-order valence-electron chi connectivity index (χ1n) is 7.77. The molecule has 126 valence electrons. The number of anilines is 2. The normalized spacial score (nSPS) is 18.9. The standard InChI is InChI=1S/C17H19N3O3S/c21-17(10-13-4-2-1-3-5-13)20-16-7-6-14(11-18-16)19-15-8-9-24(22,23)12-15/h1-7,11,15,19H,8-10,12H2,(H,18,20,21). The topological polar surface area (TPSA) is 88.2 Å². The van der Waals surface area contributed by atoms with Crippen molar-refractivity contribution >= 4 is 27.2 Å². The number of carbonyl (C=O) groups is 1. The monoisotopic (exact) mass is 345 g/mol. The molecule has 6 nitrogen and oxygen atoms in total. The molecule has 3 rings (SSSR count). The van der Waals surface area contributed by atoms with Crippen LogP contribution < -0.4 is 10.6 Å². The number of pyridine rings is 1. The van der Waals surface area contributed by atoms with Gasteiger partial charge in [0.1, 0.15) is 5.82 Å². The summed E-state index contributed by atoms with van der Waals surface area (Å²) in [6.45, 7) is 0. The summed E-state index contributed by atoms with van der Waals surface area (Å²) in [5.74, 6) is 0.727. The Morgan fingerprint density at radius 2 is 1.96 bits per heavy atom. The van der Waals surface area contributed by atoms with Gasteiger partial charge >= 0.3 is 0 Å². The van der Waals surface area contributed by atoms with E-state index in [1.165, 1.54) is 0 Å². The first kappa shape index (κ1) is 16.4. The van der Waals surface area contributed by atoms with Gasteiger partial charge in [-0.3, -0.25) is 4.79 Å². The Morgan fingerprint density at radius 1 is 1.17 bits per heavy atom. The van der Waals surface area contributed by atoms with Gasteiger partial charge < -0.3 is 10.6 Å². The molecule has 1 amide bonds. The molecular weight excluding hydrogens is 326 g/mol. The summed E-state index contributed by atoms with van der Waals surface area (Å²) in [6, 6.07) is 12.9. The van der Waals surface area contributed by atoms with Crippen molar-refractivity contribution in [3.05, 3.63) is 54.2 Å². The SMILES string of the molecule is O=C(Cc1ccccc1)Nc1ccc(NC2CCS(=O)(=O)C2)cn1. The highest BCUT2D eigenvalue weighted by atomic mass is 32.2. The van der Waals surface area contributed by atoms with Gasteiger partial charge in [-0.25, -0.2) is 13.4 Å². The molecule has 0 radical (unpaired) electrons. The minimum atomic E-state index is -2.91. The highest BCUT2D eigenvalue weighted by Crippen LogP contribution is 2.18. The third-order valence-electron chi connectivity index (χ3n) is 3.84. The van der Waals surface area contributed by atoms with Gasteiger partial charge in [0.05, 0.1) is 29.8 Å². The third kappa shape index (κ3) is 4.55. The molecule has 1 aromatic carbocycles. The lowest BCUT2D eigenvalue weighted by atomic mass is 10.1. The average molecular weight is 345 g/mol. The summed E-state index contributed by atoms with van der Waals surface area (Å²) in [5, 5.41) is 5.91. The second-order valence-electron chi connectivity index (χ2n) is 5.89. The molecule has 7 heteroatoms. The second kappa shape index (κ2) is 7.00. The molecule has 0 bridgehead atoms. The molecule has 0 aliphatic carbocycles. The van der Waals surface area contributed by atoms with Crippen LogP contribution in [0.15, 0.2) is 48.7 Å². The maximum absolute atomic E-state index is 12.0. The molecule has 24 heavy (non-hydrogen) atoms. The second-order valence-corrected chi connectivity index (χ2v) is 8.12. The van der Waals surface area contributed by atoms with Gasteiger partial charge in [-0.15, -0.1) is 0 Å². The van der Waals surface area contributed by atoms with Crippen molar-refractivity contribution in [3.8, 4) is 0 Å². The van der Waals surface area contributed by atoms with Gasteiger partial charge in [-0.1, -0.05) is 30.3 Å². The number of amides is 1. The maximum atomic E-state index is 12.0. The lowest BCUT2D eigenvalue weighted by Crippen LogP contribution is -2.20. The van der Waals surface area contributed by atoms with E-state index in [0.29, 0.717) is 18.7 Å². The largest absolute Gasteiger partial charge is 0.380 e. The Labute approximate surface area is 141 Å². The Morgan fingerprint density at radius 3 is 2.58 bits per heavy atom. The fraction of sp³-hybridized carbons (Fsp3) is 0.294. The van der Waals surface area contributed by atoms with Crippen LogP contribution in [0.4, 0.5) is 11.5 Å². The molecule has 0 saturated carbocycles. The van der Waals surface area contributed by atoms with E-state index in [4.69, 9.17) is 0 Å². The van der Waals surface area contributed by atoms with Gasteiger partial charge in [-0.05, 0) is 24.1 Å². The minimum Gasteiger partial charge on any atom is -0.380 e. The summed E-state index contributed by atoms with van der Waals surface area (Å²) in [6.07, 6.45) is 2.50. The van der Waals surface area contributed by atoms with Crippen LogP contribution in [0.25, 0.3) is 0 Å². The van der Waals surface area contributed by atoms with Crippen molar-refractivity contribution < 1.29 is 13.2 Å². The van der Waals surface area contributed by atoms with E-state index in [0.717, 1.165) is 11.3 Å². The van der Waals surface area contributed by atoms with Crippen LogP contribution in [0.1, 0.15) is 12.0 Å². The fourth-order valence-electron chi connectivity index (χ4n) is 2.67. The van der Waals surface area contributed by atoms with Crippen LogP contribution >= 0.6 is 0 Å². The number of carbonyl (C=O) groups excluding carboxylic acids is 1. The van der Waals surface area contributed by atoms with Crippen LogP contribution in [0.3, 0.4) is 0 Å². The van der Waals surface area contributed by atoms with Gasteiger partial charge in [0, 0.05) is 6.04 Å². The zero-order valence-electron chi connectivity index (χ0n) is 13.1. The summed E-state index contributed by atoms with van der Waals surface area (Å²) in [7, 11) is -2.91. The van der Waals surface area contributed by atoms with E-state index in [-0.39, 0.29) is 23.5 Å². The van der Waals surface area contributed by atoms with Crippen LogP contribution in [-0.4, -0.2) is 36.9 Å². The Balaban J connectivity index is 1.54. The van der Waals surface area contributed by atoms with Gasteiger partial charge in [-0.2, -0.15) is 0 Å². The third-order valence-corrected chi connectivity index (χ3v) is 5.61. The Bertz CT molecular complexity index is 805. The van der Waals surface area contributed by atoms with E-state index < -0.39 is 9.84 Å². The molecule has 2 N–H and O–H groups in total. The molecule has 1 unspecified atom stereocenters. The van der Waals surface area contributed by atoms with Gasteiger partial charge in [0.25, 0.3) is 0 Å². The van der Waals surface area contributed by atoms with Crippen molar-refractivity contribution in [3.63, 3.8) is 0 Å². The zero-order chi connectivity index (χ0) is 17.0. The van der Waals surface area contributed by atoms with E-state index in [1.54, 1.807) is 18.3 Å². The highest BCUT2D eigenvalue weighted by molar-refractivity contribution is 7.91. The number of aromatic nitrogens is 1. The number of nitrogens with zero attached hydrogens (tertiary/aromatic N) is 1. The average Bonchev–Trinajstić information content (AvgIpc) is 2.89. The number of hydrogen-bond acceptors (Lipinski definition) is 5. The summed E-state index contributed by atoms with van der Waals surface area (Å²) >= 11 is 0. The van der Waals surface area contributed by atoms with Crippen molar-refractivity contribution in [2.75, 3.05) is 22.1 Å². The lowest BCUT2D eigenvalue weighted by Gasteiger charge is -2.12. The number of nitrogens with one attached hydrogen (secondary N) is 2. The number of rotatable bonds is 5. The molecule has 1 saturated heterocycles. The molecule has 2 heterocycles. The highest BCUT2D eigenvalue weighted by Gasteiger charge is 2.27. The summed E-state index contributed by atoms with van der Waals surface area (Å²) in [4.78, 5) is 16.2. The Kier molecular flexibility index (Phi) is 4.80. The summed E-state index contributed by atoms with van der Waals surface area (Å²) < 4.78 is 22.9. The van der Waals surface area contributed by atoms with E-state index in [1.807, 2.05) is 30.3 Å². The number of benzene rings is 1. The summed E-state index contributed by atoms with van der Waals surface area (Å²) in [5.41, 5.74) is 1.69. The van der Waals surface area contributed by atoms with E-state index in [9.17, 15) is 13.2 Å². The van der Waals surface area contributed by atoms with E-state index in [2.05, 4.69) is 15.6 Å². The predicted octanol–water partition coefficient (Wildman–Crippen LogP) is 1.86. The molecule has 2 aromatic rings. The first-order chi connectivity index (χ1) is 11.5. The minimum absolute atomic E-state index is 0.0738. The molecule has 1 aliphatic heterocycles. The van der Waals surface area contributed by atoms with Crippen molar-refractivity contribution in [2.45, 2.75) is 18.9 Å². The zero-order valence-corrected chi connectivity index (χ0v) is 13.9. The van der Waals surface area contributed by atoms with Crippen LogP contribution in [0, 0.1) is 0 Å². The maximum Gasteiger partial charge on any atom is 0.229 e. The van der Waals surface area contributed by atoms with Crippen LogP contribution in [-0.2, 0) is 21.1 Å². The fourth-order valence-corrected chi connectivity index (χ4v) is 4.34. The molecule has 1 atom stereocenters. The quantitative estimate of drug-likeness (QED) is 0.863.